The van der Waals surface area contributed by atoms with Gasteiger partial charge in [-0.25, -0.2) is 9.59 Å². The average molecular weight is 300 g/mol. The molecule has 0 aromatic heterocycles. The summed E-state index contributed by atoms with van der Waals surface area (Å²) in [6, 6.07) is -0.488. The van der Waals surface area contributed by atoms with E-state index in [4.69, 9.17) is 9.47 Å². The number of carboxylic acid groups (broad SMARTS) is 1. The van der Waals surface area contributed by atoms with Crippen molar-refractivity contribution in [2.24, 2.45) is 5.41 Å². The average Bonchev–Trinajstić information content (AvgIpc) is 2.87. The van der Waals surface area contributed by atoms with Crippen molar-refractivity contribution >= 4 is 12.0 Å². The van der Waals surface area contributed by atoms with Crippen LogP contribution in [-0.4, -0.2) is 54.6 Å². The van der Waals surface area contributed by atoms with Crippen LogP contribution in [0.4, 0.5) is 4.79 Å². The predicted molar refractivity (Wildman–Crippen MR) is 75.1 cm³/mol. The maximum atomic E-state index is 12.1. The van der Waals surface area contributed by atoms with Gasteiger partial charge in [0.2, 0.25) is 0 Å². The van der Waals surface area contributed by atoms with Gasteiger partial charge in [-0.2, -0.15) is 0 Å². The van der Waals surface area contributed by atoms with Gasteiger partial charge in [0.25, 0.3) is 0 Å². The molecular formula is C14H24N2O5. The standard InChI is InChI=1S/C14H24N2O5/c1-4-21-10-7-9(13(10,2)3)15-12(19)16-14(11(17)18)5-6-20-8-14/h9-10H,4-8H2,1-3H3,(H,17,18)(H2,15,16,19). The minimum absolute atomic E-state index is 0.00534. The van der Waals surface area contributed by atoms with Crippen molar-refractivity contribution in [2.75, 3.05) is 19.8 Å². The van der Waals surface area contributed by atoms with Crippen LogP contribution in [0, 0.1) is 5.41 Å². The summed E-state index contributed by atoms with van der Waals surface area (Å²) in [5.74, 6) is -1.06. The SMILES string of the molecule is CCOC1CC(NC(=O)NC2(C(=O)O)CCOC2)C1(C)C. The highest BCUT2D eigenvalue weighted by molar-refractivity contribution is 5.86. The minimum Gasteiger partial charge on any atom is -0.479 e. The van der Waals surface area contributed by atoms with Gasteiger partial charge in [-0.3, -0.25) is 0 Å². The number of ether oxygens (including phenoxy) is 2. The number of nitrogens with one attached hydrogen (secondary N) is 2. The lowest BCUT2D eigenvalue weighted by atomic mass is 9.64. The Morgan fingerprint density at radius 2 is 2.14 bits per heavy atom. The van der Waals surface area contributed by atoms with Gasteiger partial charge in [0.1, 0.15) is 0 Å². The van der Waals surface area contributed by atoms with E-state index in [2.05, 4.69) is 10.6 Å². The zero-order valence-electron chi connectivity index (χ0n) is 12.8. The highest BCUT2D eigenvalue weighted by Gasteiger charge is 2.50. The van der Waals surface area contributed by atoms with E-state index >= 15 is 0 Å². The molecule has 2 amide bonds. The monoisotopic (exact) mass is 300 g/mol. The van der Waals surface area contributed by atoms with Gasteiger partial charge in [-0.05, 0) is 13.3 Å². The van der Waals surface area contributed by atoms with Gasteiger partial charge in [0.15, 0.2) is 5.54 Å². The molecule has 7 nitrogen and oxygen atoms in total. The minimum atomic E-state index is -1.31. The molecule has 1 aliphatic heterocycles. The van der Waals surface area contributed by atoms with Gasteiger partial charge >= 0.3 is 12.0 Å². The number of hydrogen-bond acceptors (Lipinski definition) is 4. The van der Waals surface area contributed by atoms with Crippen LogP contribution < -0.4 is 10.6 Å². The Hall–Kier alpha value is -1.34. The van der Waals surface area contributed by atoms with E-state index < -0.39 is 17.5 Å². The molecule has 1 heterocycles. The third kappa shape index (κ3) is 2.98. The molecule has 1 saturated heterocycles. The van der Waals surface area contributed by atoms with Crippen molar-refractivity contribution in [1.82, 2.24) is 10.6 Å². The third-order valence-corrected chi connectivity index (χ3v) is 4.63. The summed E-state index contributed by atoms with van der Waals surface area (Å²) in [6.45, 7) is 7.01. The van der Waals surface area contributed by atoms with Crippen molar-refractivity contribution in [2.45, 2.75) is 51.3 Å². The summed E-state index contributed by atoms with van der Waals surface area (Å²) < 4.78 is 10.7. The van der Waals surface area contributed by atoms with Crippen LogP contribution in [0.15, 0.2) is 0 Å². The zero-order chi connectivity index (χ0) is 15.7. The van der Waals surface area contributed by atoms with Crippen LogP contribution in [0.25, 0.3) is 0 Å². The number of urea groups is 1. The van der Waals surface area contributed by atoms with E-state index in [1.807, 2.05) is 20.8 Å². The summed E-state index contributed by atoms with van der Waals surface area (Å²) in [6.07, 6.45) is 1.15. The smallest absolute Gasteiger partial charge is 0.332 e. The molecule has 7 heteroatoms. The molecule has 0 radical (unpaired) electrons. The maximum Gasteiger partial charge on any atom is 0.332 e. The quantitative estimate of drug-likeness (QED) is 0.695. The fourth-order valence-corrected chi connectivity index (χ4v) is 2.91. The zero-order valence-corrected chi connectivity index (χ0v) is 12.8. The molecule has 0 bridgehead atoms. The normalized spacial score (nSPS) is 34.0. The van der Waals surface area contributed by atoms with Crippen molar-refractivity contribution < 1.29 is 24.2 Å². The number of hydrogen-bond donors (Lipinski definition) is 3. The van der Waals surface area contributed by atoms with Gasteiger partial charge in [0.05, 0.1) is 12.7 Å². The molecule has 1 saturated carbocycles. The summed E-state index contributed by atoms with van der Waals surface area (Å²) in [4.78, 5) is 23.4. The second-order valence-electron chi connectivity index (χ2n) is 6.34. The molecule has 0 aromatic carbocycles. The lowest BCUT2D eigenvalue weighted by Crippen LogP contribution is -2.66. The molecule has 21 heavy (non-hydrogen) atoms. The van der Waals surface area contributed by atoms with E-state index in [1.54, 1.807) is 0 Å². The van der Waals surface area contributed by atoms with Crippen LogP contribution in [-0.2, 0) is 14.3 Å². The van der Waals surface area contributed by atoms with Crippen LogP contribution >= 0.6 is 0 Å². The van der Waals surface area contributed by atoms with Crippen molar-refractivity contribution in [1.29, 1.82) is 0 Å². The number of carbonyl (C=O) groups is 2. The first kappa shape index (κ1) is 16.0. The Morgan fingerprint density at radius 3 is 2.62 bits per heavy atom. The third-order valence-electron chi connectivity index (χ3n) is 4.63. The second-order valence-corrected chi connectivity index (χ2v) is 6.34. The Labute approximate surface area is 124 Å². The van der Waals surface area contributed by atoms with Crippen molar-refractivity contribution in [3.8, 4) is 0 Å². The van der Waals surface area contributed by atoms with Gasteiger partial charge < -0.3 is 25.2 Å². The van der Waals surface area contributed by atoms with E-state index in [9.17, 15) is 14.7 Å². The highest BCUT2D eigenvalue weighted by Crippen LogP contribution is 2.42. The summed E-state index contributed by atoms with van der Waals surface area (Å²) >= 11 is 0. The number of carbonyl (C=O) groups excluding carboxylic acids is 1. The largest absolute Gasteiger partial charge is 0.479 e. The van der Waals surface area contributed by atoms with Gasteiger partial charge in [0, 0.05) is 31.1 Å². The molecule has 120 valence electrons. The Morgan fingerprint density at radius 1 is 1.43 bits per heavy atom. The lowest BCUT2D eigenvalue weighted by molar-refractivity contribution is -0.144. The molecule has 0 aromatic rings. The first-order valence-corrected chi connectivity index (χ1v) is 7.33. The van der Waals surface area contributed by atoms with Crippen LogP contribution in [0.2, 0.25) is 0 Å². The van der Waals surface area contributed by atoms with Gasteiger partial charge in [-0.15, -0.1) is 0 Å². The van der Waals surface area contributed by atoms with Gasteiger partial charge in [-0.1, -0.05) is 13.8 Å². The molecule has 2 fully saturated rings. The molecule has 1 aliphatic carbocycles. The number of carboxylic acids is 1. The van der Waals surface area contributed by atoms with E-state index in [0.29, 0.717) is 13.2 Å². The molecular weight excluding hydrogens is 276 g/mol. The van der Waals surface area contributed by atoms with Crippen molar-refractivity contribution in [3.05, 3.63) is 0 Å². The number of rotatable bonds is 5. The summed E-state index contributed by atoms with van der Waals surface area (Å²) in [5.41, 5.74) is -1.47. The first-order chi connectivity index (χ1) is 9.82. The van der Waals surface area contributed by atoms with E-state index in [-0.39, 0.29) is 30.6 Å². The Bertz CT molecular complexity index is 418. The molecule has 2 aliphatic rings. The number of amides is 2. The molecule has 3 unspecified atom stereocenters. The van der Waals surface area contributed by atoms with Crippen LogP contribution in [0.3, 0.4) is 0 Å². The molecule has 3 atom stereocenters. The van der Waals surface area contributed by atoms with E-state index in [0.717, 1.165) is 6.42 Å². The molecule has 0 spiro atoms. The topological polar surface area (TPSA) is 96.9 Å². The van der Waals surface area contributed by atoms with Crippen molar-refractivity contribution in [3.63, 3.8) is 0 Å². The Kier molecular flexibility index (Phi) is 4.43. The summed E-state index contributed by atoms with van der Waals surface area (Å²) in [7, 11) is 0. The highest BCUT2D eigenvalue weighted by atomic mass is 16.5. The lowest BCUT2D eigenvalue weighted by Gasteiger charge is -2.51. The van der Waals surface area contributed by atoms with Crippen LogP contribution in [0.5, 0.6) is 0 Å². The first-order valence-electron chi connectivity index (χ1n) is 7.33. The fraction of sp³-hybridized carbons (Fsp3) is 0.857. The number of aliphatic carboxylic acids is 1. The second kappa shape index (κ2) is 5.81. The molecule has 3 N–H and O–H groups in total. The molecule has 2 rings (SSSR count). The maximum absolute atomic E-state index is 12.1. The Balaban J connectivity index is 1.90. The predicted octanol–water partition coefficient (Wildman–Crippen LogP) is 0.733. The summed E-state index contributed by atoms with van der Waals surface area (Å²) in [5, 5.41) is 14.7. The van der Waals surface area contributed by atoms with Crippen LogP contribution in [0.1, 0.15) is 33.6 Å². The van der Waals surface area contributed by atoms with E-state index in [1.165, 1.54) is 0 Å². The fourth-order valence-electron chi connectivity index (χ4n) is 2.91.